The average Bonchev–Trinajstić information content (AvgIpc) is 2.69. The van der Waals surface area contributed by atoms with Gasteiger partial charge in [-0.05, 0) is 24.3 Å². The lowest BCUT2D eigenvalue weighted by Gasteiger charge is -1.98. The van der Waals surface area contributed by atoms with Gasteiger partial charge in [-0.1, -0.05) is 23.7 Å². The molecule has 3 aromatic rings. The molecule has 0 amide bonds. The van der Waals surface area contributed by atoms with Gasteiger partial charge in [0.05, 0.1) is 5.52 Å². The summed E-state index contributed by atoms with van der Waals surface area (Å²) in [5.41, 5.74) is 1.71. The van der Waals surface area contributed by atoms with Crippen LogP contribution in [0.25, 0.3) is 17.0 Å². The molecule has 3 nitrogen and oxygen atoms in total. The maximum absolute atomic E-state index is 6.07. The molecule has 78 valence electrons. The molecule has 0 N–H and O–H groups in total. The molecule has 16 heavy (non-hydrogen) atoms. The lowest BCUT2D eigenvalue weighted by atomic mass is 10.3. The topological polar surface area (TPSA) is 30.2 Å². The van der Waals surface area contributed by atoms with Crippen molar-refractivity contribution < 1.29 is 0 Å². The van der Waals surface area contributed by atoms with Crippen LogP contribution in [0.3, 0.4) is 0 Å². The fourth-order valence-electron chi connectivity index (χ4n) is 1.68. The van der Waals surface area contributed by atoms with Crippen molar-refractivity contribution in [2.75, 3.05) is 0 Å². The first-order chi connectivity index (χ1) is 7.86. The number of nitrogens with zero attached hydrogens (tertiary/aromatic N) is 3. The predicted molar refractivity (Wildman–Crippen MR) is 63.4 cm³/mol. The first-order valence-corrected chi connectivity index (χ1v) is 5.28. The van der Waals surface area contributed by atoms with E-state index < -0.39 is 0 Å². The monoisotopic (exact) mass is 229 g/mol. The lowest BCUT2D eigenvalue weighted by molar-refractivity contribution is 1.13. The van der Waals surface area contributed by atoms with Crippen molar-refractivity contribution in [1.29, 1.82) is 0 Å². The van der Waals surface area contributed by atoms with Gasteiger partial charge in [-0.2, -0.15) is 0 Å². The van der Waals surface area contributed by atoms with Crippen LogP contribution in [0.1, 0.15) is 0 Å². The van der Waals surface area contributed by atoms with Crippen molar-refractivity contribution in [3.63, 3.8) is 0 Å². The van der Waals surface area contributed by atoms with Gasteiger partial charge in [-0.3, -0.25) is 9.38 Å². The Bertz CT molecular complexity index is 631. The van der Waals surface area contributed by atoms with Crippen molar-refractivity contribution in [3.05, 3.63) is 53.9 Å². The number of aromatic nitrogens is 3. The molecule has 0 saturated heterocycles. The highest BCUT2D eigenvalue weighted by atomic mass is 35.5. The Hall–Kier alpha value is -1.87. The summed E-state index contributed by atoms with van der Waals surface area (Å²) in [5.74, 6) is 0.765. The summed E-state index contributed by atoms with van der Waals surface area (Å²) in [6.45, 7) is 0. The van der Waals surface area contributed by atoms with E-state index in [1.807, 2.05) is 47.0 Å². The van der Waals surface area contributed by atoms with Gasteiger partial charge >= 0.3 is 0 Å². The molecule has 3 rings (SSSR count). The smallest absolute Gasteiger partial charge is 0.165 e. The van der Waals surface area contributed by atoms with E-state index in [2.05, 4.69) is 9.97 Å². The van der Waals surface area contributed by atoms with Crippen LogP contribution < -0.4 is 0 Å². The zero-order valence-electron chi connectivity index (χ0n) is 8.34. The third-order valence-electron chi connectivity index (χ3n) is 2.40. The fourth-order valence-corrected chi connectivity index (χ4v) is 1.91. The number of hydrogen-bond donors (Lipinski definition) is 0. The molecule has 0 unspecified atom stereocenters. The average molecular weight is 230 g/mol. The highest BCUT2D eigenvalue weighted by molar-refractivity contribution is 6.32. The Morgan fingerprint density at radius 2 is 1.94 bits per heavy atom. The number of pyridine rings is 2. The molecular formula is C12H8ClN3. The zero-order chi connectivity index (χ0) is 11.0. The van der Waals surface area contributed by atoms with Crippen LogP contribution in [0.15, 0.2) is 48.8 Å². The summed E-state index contributed by atoms with van der Waals surface area (Å²) >= 11 is 6.07. The third kappa shape index (κ3) is 1.37. The Kier molecular flexibility index (Phi) is 2.11. The van der Waals surface area contributed by atoms with E-state index in [1.54, 1.807) is 6.20 Å². The van der Waals surface area contributed by atoms with E-state index in [1.165, 1.54) is 0 Å². The van der Waals surface area contributed by atoms with E-state index in [0.717, 1.165) is 17.0 Å². The normalized spacial score (nSPS) is 10.8. The van der Waals surface area contributed by atoms with Crippen LogP contribution in [0.2, 0.25) is 5.15 Å². The Labute approximate surface area is 97.3 Å². The van der Waals surface area contributed by atoms with Gasteiger partial charge in [0.2, 0.25) is 0 Å². The summed E-state index contributed by atoms with van der Waals surface area (Å²) in [7, 11) is 0. The molecule has 4 heteroatoms. The second-order valence-electron chi connectivity index (χ2n) is 3.40. The zero-order valence-corrected chi connectivity index (χ0v) is 9.09. The molecule has 0 radical (unpaired) electrons. The van der Waals surface area contributed by atoms with Crippen LogP contribution in [-0.4, -0.2) is 14.4 Å². The maximum Gasteiger partial charge on any atom is 0.165 e. The van der Waals surface area contributed by atoms with Gasteiger partial charge in [0, 0.05) is 12.4 Å². The van der Waals surface area contributed by atoms with Crippen molar-refractivity contribution in [2.45, 2.75) is 0 Å². The molecule has 0 saturated carbocycles. The van der Waals surface area contributed by atoms with Crippen LogP contribution in [0, 0.1) is 0 Å². The van der Waals surface area contributed by atoms with Crippen molar-refractivity contribution in [2.24, 2.45) is 0 Å². The predicted octanol–water partition coefficient (Wildman–Crippen LogP) is 3.05. The molecule has 0 aliphatic carbocycles. The number of halogens is 1. The van der Waals surface area contributed by atoms with Gasteiger partial charge in [-0.15, -0.1) is 0 Å². The number of fused-ring (bicyclic) bond motifs is 1. The summed E-state index contributed by atoms with van der Waals surface area (Å²) in [6, 6.07) is 11.5. The quantitative estimate of drug-likeness (QED) is 0.642. The molecule has 0 fully saturated rings. The van der Waals surface area contributed by atoms with Crippen molar-refractivity contribution >= 4 is 17.1 Å². The molecule has 3 aromatic heterocycles. The highest BCUT2D eigenvalue weighted by Crippen LogP contribution is 2.23. The van der Waals surface area contributed by atoms with Crippen LogP contribution >= 0.6 is 11.6 Å². The Morgan fingerprint density at radius 1 is 1.06 bits per heavy atom. The second kappa shape index (κ2) is 3.61. The van der Waals surface area contributed by atoms with Crippen LogP contribution in [-0.2, 0) is 0 Å². The SMILES string of the molecule is Clc1nc(-c2ccccn2)n2ccccc12. The van der Waals surface area contributed by atoms with Gasteiger partial charge in [0.25, 0.3) is 0 Å². The van der Waals surface area contributed by atoms with Gasteiger partial charge in [0.1, 0.15) is 5.69 Å². The molecule has 0 aliphatic rings. The van der Waals surface area contributed by atoms with E-state index in [4.69, 9.17) is 11.6 Å². The number of imidazole rings is 1. The van der Waals surface area contributed by atoms with E-state index >= 15 is 0 Å². The van der Waals surface area contributed by atoms with Gasteiger partial charge < -0.3 is 0 Å². The highest BCUT2D eigenvalue weighted by Gasteiger charge is 2.10. The molecule has 0 bridgehead atoms. The Balaban J connectivity index is 2.33. The molecular weight excluding hydrogens is 222 g/mol. The van der Waals surface area contributed by atoms with Crippen molar-refractivity contribution in [3.8, 4) is 11.5 Å². The van der Waals surface area contributed by atoms with Gasteiger partial charge in [0.15, 0.2) is 11.0 Å². The molecule has 3 heterocycles. The minimum absolute atomic E-state index is 0.501. The molecule has 0 spiro atoms. The summed E-state index contributed by atoms with van der Waals surface area (Å²) in [6.07, 6.45) is 3.67. The lowest BCUT2D eigenvalue weighted by Crippen LogP contribution is -1.90. The summed E-state index contributed by atoms with van der Waals surface area (Å²) in [5, 5.41) is 0.501. The largest absolute Gasteiger partial charge is 0.297 e. The minimum atomic E-state index is 0.501. The Morgan fingerprint density at radius 3 is 2.75 bits per heavy atom. The van der Waals surface area contributed by atoms with E-state index in [-0.39, 0.29) is 0 Å². The third-order valence-corrected chi connectivity index (χ3v) is 2.68. The van der Waals surface area contributed by atoms with Gasteiger partial charge in [-0.25, -0.2) is 4.98 Å². The van der Waals surface area contributed by atoms with Crippen LogP contribution in [0.5, 0.6) is 0 Å². The first-order valence-electron chi connectivity index (χ1n) is 4.90. The van der Waals surface area contributed by atoms with Crippen LogP contribution in [0.4, 0.5) is 0 Å². The second-order valence-corrected chi connectivity index (χ2v) is 3.76. The number of rotatable bonds is 1. The van der Waals surface area contributed by atoms with E-state index in [9.17, 15) is 0 Å². The number of hydrogen-bond acceptors (Lipinski definition) is 2. The molecule has 0 atom stereocenters. The molecule has 0 aliphatic heterocycles. The summed E-state index contributed by atoms with van der Waals surface area (Å²) < 4.78 is 1.94. The minimum Gasteiger partial charge on any atom is -0.297 e. The van der Waals surface area contributed by atoms with E-state index in [0.29, 0.717) is 5.15 Å². The first kappa shape index (κ1) is 9.36. The maximum atomic E-state index is 6.07. The fraction of sp³-hybridized carbons (Fsp3) is 0. The van der Waals surface area contributed by atoms with Crippen molar-refractivity contribution in [1.82, 2.24) is 14.4 Å². The summed E-state index contributed by atoms with van der Waals surface area (Å²) in [4.78, 5) is 8.60. The molecule has 0 aromatic carbocycles. The standard InChI is InChI=1S/C12H8ClN3/c13-11-10-6-2-4-8-16(10)12(15-11)9-5-1-3-7-14-9/h1-8H.